The standard InChI is InChI=1S/C11H20.2C9H16.C9H14.C7H10/c1-3-4-11-8(2)9-5-6-10(11)7-9;1-6-7(2)9-4-3-8(6)5-9;1-6-5-8-3-4-9(6)7(8)2;1-3-8-5-6-9(4-2)7-8;1-2-7-4-3-6(1)5-7/h8-11H,3-7H2,1-2H3;2*6-9H,3-5H2,1-2H3;3-4,8-9H,1-2,5-7H2;1-2,6-7H,3-5H2. The van der Waals surface area contributed by atoms with Crippen molar-refractivity contribution in [1.82, 2.24) is 0 Å². The summed E-state index contributed by atoms with van der Waals surface area (Å²) in [5.74, 6) is 16.6. The van der Waals surface area contributed by atoms with Crippen LogP contribution in [0, 0.1) is 94.7 Å². The predicted octanol–water partition coefficient (Wildman–Crippen LogP) is 13.6. The van der Waals surface area contributed by atoms with Crippen LogP contribution in [0.5, 0.6) is 0 Å². The lowest BCUT2D eigenvalue weighted by Crippen LogP contribution is -2.19. The van der Waals surface area contributed by atoms with Gasteiger partial charge in [-0.3, -0.25) is 0 Å². The van der Waals surface area contributed by atoms with Crippen molar-refractivity contribution in [2.75, 3.05) is 0 Å². The first-order valence-electron chi connectivity index (χ1n) is 20.7. The Labute approximate surface area is 282 Å². The van der Waals surface area contributed by atoms with Crippen LogP contribution >= 0.6 is 0 Å². The average molecular weight is 617 g/mol. The van der Waals surface area contributed by atoms with E-state index in [0.717, 1.165) is 94.7 Å². The normalized spacial score (nSPS) is 48.5. The quantitative estimate of drug-likeness (QED) is 0.276. The maximum Gasteiger partial charge on any atom is -0.0228 e. The van der Waals surface area contributed by atoms with Crippen LogP contribution < -0.4 is 0 Å². The molecule has 0 aliphatic heterocycles. The Bertz CT molecular complexity index is 884. The minimum Gasteiger partial charge on any atom is -0.103 e. The number of hydrogen-bond donors (Lipinski definition) is 0. The molecule has 9 aliphatic carbocycles. The van der Waals surface area contributed by atoms with Crippen LogP contribution in [-0.2, 0) is 0 Å². The molecule has 0 heteroatoms. The fourth-order valence-electron chi connectivity index (χ4n) is 12.7. The monoisotopic (exact) mass is 617 g/mol. The molecule has 0 amide bonds. The fraction of sp³-hybridized carbons (Fsp3) is 0.867. The van der Waals surface area contributed by atoms with Gasteiger partial charge in [0.15, 0.2) is 0 Å². The molecule has 256 valence electrons. The summed E-state index contributed by atoms with van der Waals surface area (Å²) < 4.78 is 0. The van der Waals surface area contributed by atoms with Crippen LogP contribution in [0.4, 0.5) is 0 Å². The zero-order valence-corrected chi connectivity index (χ0v) is 31.0. The summed E-state index contributed by atoms with van der Waals surface area (Å²) in [4.78, 5) is 0. The lowest BCUT2D eigenvalue weighted by molar-refractivity contribution is 0.224. The van der Waals surface area contributed by atoms with E-state index < -0.39 is 0 Å². The SMILES string of the molecule is C1=CC2CCC1C2.C=CC1CCC(C=C)C1.CC1C2CCC(C2)C1C.CC1CC2CCC1C2C.CCCC1C2CCC(C2)C1C. The molecular weight excluding hydrogens is 540 g/mol. The van der Waals surface area contributed by atoms with Gasteiger partial charge in [0.2, 0.25) is 0 Å². The Kier molecular flexibility index (Phi) is 13.1. The number of rotatable bonds is 4. The molecule has 8 saturated carbocycles. The third-order valence-electron chi connectivity index (χ3n) is 16.0. The average Bonchev–Trinajstić information content (AvgIpc) is 3.91. The minimum absolute atomic E-state index is 0.771. The second-order valence-corrected chi connectivity index (χ2v) is 18.3. The summed E-state index contributed by atoms with van der Waals surface area (Å²) in [6, 6.07) is 0. The van der Waals surface area contributed by atoms with Gasteiger partial charge in [-0.2, -0.15) is 0 Å². The van der Waals surface area contributed by atoms with Crippen LogP contribution in [0.2, 0.25) is 0 Å². The highest BCUT2D eigenvalue weighted by molar-refractivity contribution is 5.06. The molecule has 0 aromatic heterocycles. The lowest BCUT2D eigenvalue weighted by Gasteiger charge is -2.27. The fourth-order valence-corrected chi connectivity index (χ4v) is 12.7. The highest BCUT2D eigenvalue weighted by Crippen LogP contribution is 2.54. The van der Waals surface area contributed by atoms with Gasteiger partial charge in [0.05, 0.1) is 0 Å². The zero-order chi connectivity index (χ0) is 32.1. The van der Waals surface area contributed by atoms with Crippen molar-refractivity contribution in [2.45, 2.75) is 151 Å². The van der Waals surface area contributed by atoms with Gasteiger partial charge >= 0.3 is 0 Å². The Morgan fingerprint density at radius 3 is 1.27 bits per heavy atom. The van der Waals surface area contributed by atoms with Gasteiger partial charge < -0.3 is 0 Å². The first kappa shape index (κ1) is 35.5. The van der Waals surface area contributed by atoms with Gasteiger partial charge in [0.1, 0.15) is 0 Å². The molecule has 16 atom stereocenters. The Balaban J connectivity index is 0.000000112. The number of allylic oxidation sites excluding steroid dienone is 4. The van der Waals surface area contributed by atoms with Crippen molar-refractivity contribution in [3.8, 4) is 0 Å². The maximum atomic E-state index is 3.78. The summed E-state index contributed by atoms with van der Waals surface area (Å²) >= 11 is 0. The molecule has 0 aromatic carbocycles. The summed E-state index contributed by atoms with van der Waals surface area (Å²) in [6.45, 7) is 22.1. The highest BCUT2D eigenvalue weighted by Gasteiger charge is 2.45. The summed E-state index contributed by atoms with van der Waals surface area (Å²) in [5, 5.41) is 0. The molecule has 45 heavy (non-hydrogen) atoms. The van der Waals surface area contributed by atoms with E-state index in [-0.39, 0.29) is 0 Å². The molecule has 0 N–H and O–H groups in total. The van der Waals surface area contributed by atoms with Crippen molar-refractivity contribution in [1.29, 1.82) is 0 Å². The molecule has 8 bridgehead atoms. The second-order valence-electron chi connectivity index (χ2n) is 18.3. The zero-order valence-electron chi connectivity index (χ0n) is 31.0. The van der Waals surface area contributed by atoms with E-state index >= 15 is 0 Å². The molecule has 0 nitrogen and oxygen atoms in total. The van der Waals surface area contributed by atoms with Gasteiger partial charge in [-0.25, -0.2) is 0 Å². The minimum atomic E-state index is 0.771. The van der Waals surface area contributed by atoms with Crippen molar-refractivity contribution < 1.29 is 0 Å². The molecule has 16 unspecified atom stereocenters. The van der Waals surface area contributed by atoms with E-state index in [0.29, 0.717) is 0 Å². The van der Waals surface area contributed by atoms with Crippen LogP contribution in [-0.4, -0.2) is 0 Å². The van der Waals surface area contributed by atoms with E-state index in [1.807, 2.05) is 0 Å². The van der Waals surface area contributed by atoms with Crippen molar-refractivity contribution >= 4 is 0 Å². The van der Waals surface area contributed by atoms with E-state index in [1.165, 1.54) is 83.5 Å². The molecule has 0 heterocycles. The Morgan fingerprint density at radius 2 is 1.00 bits per heavy atom. The largest absolute Gasteiger partial charge is 0.103 e. The molecule has 9 rings (SSSR count). The molecule has 8 fully saturated rings. The van der Waals surface area contributed by atoms with Crippen LogP contribution in [0.25, 0.3) is 0 Å². The third kappa shape index (κ3) is 8.63. The number of fused-ring (bicyclic) bond motifs is 8. The van der Waals surface area contributed by atoms with E-state index in [9.17, 15) is 0 Å². The van der Waals surface area contributed by atoms with Crippen LogP contribution in [0.3, 0.4) is 0 Å². The molecule has 9 aliphatic rings. The molecule has 0 saturated heterocycles. The van der Waals surface area contributed by atoms with Gasteiger partial charge in [-0.1, -0.05) is 78.7 Å². The second kappa shape index (κ2) is 16.6. The van der Waals surface area contributed by atoms with Crippen molar-refractivity contribution in [3.05, 3.63) is 37.5 Å². The van der Waals surface area contributed by atoms with E-state index in [4.69, 9.17) is 0 Å². The summed E-state index contributed by atoms with van der Waals surface area (Å²) in [5.41, 5.74) is 0. The number of hydrogen-bond acceptors (Lipinski definition) is 0. The van der Waals surface area contributed by atoms with Gasteiger partial charge in [0, 0.05) is 0 Å². The highest BCUT2D eigenvalue weighted by atomic mass is 14.5. The smallest absolute Gasteiger partial charge is 0.0228 e. The maximum absolute atomic E-state index is 3.78. The van der Waals surface area contributed by atoms with Crippen molar-refractivity contribution in [2.24, 2.45) is 94.7 Å². The molecule has 0 radical (unpaired) electrons. The summed E-state index contributed by atoms with van der Waals surface area (Å²) in [7, 11) is 0. The molecular formula is C45H76. The van der Waals surface area contributed by atoms with Crippen molar-refractivity contribution in [3.63, 3.8) is 0 Å². The lowest BCUT2D eigenvalue weighted by atomic mass is 9.78. The Morgan fingerprint density at radius 1 is 0.511 bits per heavy atom. The van der Waals surface area contributed by atoms with E-state index in [2.05, 4.69) is 79.0 Å². The van der Waals surface area contributed by atoms with Crippen LogP contribution in [0.1, 0.15) is 151 Å². The molecule has 0 spiro atoms. The first-order chi connectivity index (χ1) is 21.7. The van der Waals surface area contributed by atoms with Gasteiger partial charge in [-0.05, 0) is 191 Å². The van der Waals surface area contributed by atoms with Gasteiger partial charge in [0.25, 0.3) is 0 Å². The predicted molar refractivity (Wildman–Crippen MR) is 198 cm³/mol. The van der Waals surface area contributed by atoms with Crippen LogP contribution in [0.15, 0.2) is 37.5 Å². The topological polar surface area (TPSA) is 0 Å². The van der Waals surface area contributed by atoms with Gasteiger partial charge in [-0.15, -0.1) is 13.2 Å². The molecule has 0 aromatic rings. The first-order valence-corrected chi connectivity index (χ1v) is 20.7. The third-order valence-corrected chi connectivity index (χ3v) is 16.0. The summed E-state index contributed by atoms with van der Waals surface area (Å²) in [6.07, 6.45) is 34.1. The van der Waals surface area contributed by atoms with E-state index in [1.54, 1.807) is 25.7 Å². The Hall–Kier alpha value is -0.780.